The summed E-state index contributed by atoms with van der Waals surface area (Å²) in [4.78, 5) is 0. The van der Waals surface area contributed by atoms with Crippen LogP contribution in [0.2, 0.25) is 0 Å². The summed E-state index contributed by atoms with van der Waals surface area (Å²) in [5.41, 5.74) is -1.05. The fourth-order valence-corrected chi connectivity index (χ4v) is 1.11. The third-order valence-electron chi connectivity index (χ3n) is 1.19. The van der Waals surface area contributed by atoms with Crippen molar-refractivity contribution in [1.82, 2.24) is 0 Å². The van der Waals surface area contributed by atoms with Crippen molar-refractivity contribution in [3.05, 3.63) is 34.1 Å². The van der Waals surface area contributed by atoms with Crippen molar-refractivity contribution in [1.29, 1.82) is 0 Å². The molecule has 1 rings (SSSR count). The Labute approximate surface area is 74.3 Å². The lowest BCUT2D eigenvalue weighted by molar-refractivity contribution is -0.138. The summed E-state index contributed by atoms with van der Waals surface area (Å²) >= 11 is 2.50. The molecule has 1 radical (unpaired) electrons. The van der Waals surface area contributed by atoms with E-state index in [-0.39, 0.29) is 0 Å². The first-order valence-electron chi connectivity index (χ1n) is 2.85. The van der Waals surface area contributed by atoms with Crippen LogP contribution in [-0.4, -0.2) is 0 Å². The maximum atomic E-state index is 12.5. The number of benzene rings is 1. The van der Waals surface area contributed by atoms with Gasteiger partial charge in [-0.05, 0) is 34.1 Å². The molecular weight excluding hydrogens is 240 g/mol. The third-order valence-corrected chi connectivity index (χ3v) is 2.00. The van der Waals surface area contributed by atoms with E-state index in [1.807, 2.05) is 0 Å². The van der Waals surface area contributed by atoms with Crippen LogP contribution in [0.5, 0.6) is 0 Å². The highest BCUT2D eigenvalue weighted by atomic mass is 79.9. The molecule has 0 nitrogen and oxygen atoms in total. The monoisotopic (exact) mass is 241 g/mol. The summed E-state index contributed by atoms with van der Waals surface area (Å²) in [5, 5.41) is 0. The highest BCUT2D eigenvalue weighted by molar-refractivity contribution is 9.10. The van der Waals surface area contributed by atoms with Gasteiger partial charge in [0.05, 0.1) is 10.0 Å². The van der Waals surface area contributed by atoms with Gasteiger partial charge in [0.15, 0.2) is 0 Å². The zero-order chi connectivity index (χ0) is 9.35. The van der Waals surface area contributed by atoms with Crippen molar-refractivity contribution < 1.29 is 17.6 Å². The maximum Gasteiger partial charge on any atom is 0.417 e. The molecule has 0 N–H and O–H groups in total. The van der Waals surface area contributed by atoms with Gasteiger partial charge in [-0.15, -0.1) is 0 Å². The number of rotatable bonds is 0. The van der Waals surface area contributed by atoms with Crippen LogP contribution < -0.4 is 0 Å². The van der Waals surface area contributed by atoms with Crippen molar-refractivity contribution in [3.63, 3.8) is 0 Å². The van der Waals surface area contributed by atoms with E-state index in [1.165, 1.54) is 0 Å². The van der Waals surface area contributed by atoms with E-state index in [1.54, 1.807) is 0 Å². The molecule has 0 aliphatic carbocycles. The van der Waals surface area contributed by atoms with E-state index < -0.39 is 22.0 Å². The van der Waals surface area contributed by atoms with E-state index in [2.05, 4.69) is 22.0 Å². The zero-order valence-corrected chi connectivity index (χ0v) is 7.13. The van der Waals surface area contributed by atoms with Gasteiger partial charge in [0.25, 0.3) is 0 Å². The average Bonchev–Trinajstić information content (AvgIpc) is 1.92. The molecular formula is C7H2BrF4. The summed E-state index contributed by atoms with van der Waals surface area (Å²) in [6.45, 7) is 0. The van der Waals surface area contributed by atoms with Crippen LogP contribution in [0.15, 0.2) is 16.6 Å². The molecule has 0 aliphatic heterocycles. The molecule has 0 unspecified atom stereocenters. The van der Waals surface area contributed by atoms with E-state index in [9.17, 15) is 17.6 Å². The topological polar surface area (TPSA) is 0 Å². The molecule has 0 saturated heterocycles. The molecule has 5 heteroatoms. The predicted molar refractivity (Wildman–Crippen MR) is 37.9 cm³/mol. The van der Waals surface area contributed by atoms with Gasteiger partial charge in [-0.3, -0.25) is 0 Å². The van der Waals surface area contributed by atoms with Crippen molar-refractivity contribution in [2.45, 2.75) is 6.18 Å². The second kappa shape index (κ2) is 3.05. The number of hydrogen-bond donors (Lipinski definition) is 0. The van der Waals surface area contributed by atoms with Crippen LogP contribution in [0.3, 0.4) is 0 Å². The van der Waals surface area contributed by atoms with E-state index in [4.69, 9.17) is 0 Å². The number of hydrogen-bond acceptors (Lipinski definition) is 0. The van der Waals surface area contributed by atoms with Gasteiger partial charge in [-0.2, -0.15) is 13.2 Å². The van der Waals surface area contributed by atoms with Gasteiger partial charge >= 0.3 is 6.18 Å². The fraction of sp³-hybridized carbons (Fsp3) is 0.143. The SMILES string of the molecule is Fc1c[c]cc(C(F)(F)F)c1Br. The zero-order valence-electron chi connectivity index (χ0n) is 5.54. The molecule has 0 atom stereocenters. The molecule has 0 heterocycles. The molecule has 0 fully saturated rings. The standard InChI is InChI=1S/C7H2BrF4/c8-6-4(7(10,11)12)2-1-3-5(6)9/h2-3H. The van der Waals surface area contributed by atoms with Crippen LogP contribution >= 0.6 is 15.9 Å². The third kappa shape index (κ3) is 1.77. The van der Waals surface area contributed by atoms with Gasteiger partial charge in [-0.25, -0.2) is 4.39 Å². The lowest BCUT2D eigenvalue weighted by Crippen LogP contribution is -2.06. The predicted octanol–water partition coefficient (Wildman–Crippen LogP) is 3.41. The summed E-state index contributed by atoms with van der Waals surface area (Å²) < 4.78 is 48.0. The van der Waals surface area contributed by atoms with Crippen LogP contribution in [0.25, 0.3) is 0 Å². The van der Waals surface area contributed by atoms with Crippen LogP contribution in [-0.2, 0) is 6.18 Å². The second-order valence-corrected chi connectivity index (χ2v) is 2.82. The molecule has 12 heavy (non-hydrogen) atoms. The minimum Gasteiger partial charge on any atom is -0.206 e. The number of alkyl halides is 3. The molecule has 0 spiro atoms. The Bertz CT molecular complexity index is 292. The molecule has 0 amide bonds. The van der Waals surface area contributed by atoms with Crippen molar-refractivity contribution >= 4 is 15.9 Å². The summed E-state index contributed by atoms with van der Waals surface area (Å²) in [5.74, 6) is -0.968. The van der Waals surface area contributed by atoms with Crippen LogP contribution in [0, 0.1) is 11.9 Å². The lowest BCUT2D eigenvalue weighted by Gasteiger charge is -2.08. The Morgan fingerprint density at radius 1 is 1.25 bits per heavy atom. The molecule has 0 aromatic heterocycles. The van der Waals surface area contributed by atoms with E-state index >= 15 is 0 Å². The molecule has 1 aromatic rings. The minimum atomic E-state index is -4.54. The Morgan fingerprint density at radius 2 is 1.83 bits per heavy atom. The Balaban J connectivity index is 3.26. The van der Waals surface area contributed by atoms with Gasteiger partial charge in [0, 0.05) is 0 Å². The summed E-state index contributed by atoms with van der Waals surface area (Å²) in [6.07, 6.45) is -4.54. The first-order valence-corrected chi connectivity index (χ1v) is 3.64. The first kappa shape index (κ1) is 9.51. The highest BCUT2D eigenvalue weighted by Gasteiger charge is 2.33. The second-order valence-electron chi connectivity index (χ2n) is 2.03. The Morgan fingerprint density at radius 3 is 2.25 bits per heavy atom. The maximum absolute atomic E-state index is 12.5. The highest BCUT2D eigenvalue weighted by Crippen LogP contribution is 2.35. The van der Waals surface area contributed by atoms with Crippen molar-refractivity contribution in [2.75, 3.05) is 0 Å². The van der Waals surface area contributed by atoms with E-state index in [0.29, 0.717) is 6.07 Å². The van der Waals surface area contributed by atoms with Crippen molar-refractivity contribution in [2.24, 2.45) is 0 Å². The van der Waals surface area contributed by atoms with Gasteiger partial charge < -0.3 is 0 Å². The molecule has 0 bridgehead atoms. The molecule has 1 aromatic carbocycles. The van der Waals surface area contributed by atoms with Gasteiger partial charge in [-0.1, -0.05) is 0 Å². The van der Waals surface area contributed by atoms with Crippen molar-refractivity contribution in [3.8, 4) is 0 Å². The smallest absolute Gasteiger partial charge is 0.206 e. The van der Waals surface area contributed by atoms with Gasteiger partial charge in [0.2, 0.25) is 0 Å². The normalized spacial score (nSPS) is 11.8. The lowest BCUT2D eigenvalue weighted by atomic mass is 10.2. The van der Waals surface area contributed by atoms with Crippen LogP contribution in [0.4, 0.5) is 17.6 Å². The number of halogens is 5. The fourth-order valence-electron chi connectivity index (χ4n) is 0.660. The molecule has 0 saturated carbocycles. The van der Waals surface area contributed by atoms with Gasteiger partial charge in [0.1, 0.15) is 5.82 Å². The summed E-state index contributed by atoms with van der Waals surface area (Å²) in [7, 11) is 0. The summed E-state index contributed by atoms with van der Waals surface area (Å²) in [6, 6.07) is 3.57. The largest absolute Gasteiger partial charge is 0.417 e. The Hall–Kier alpha value is -0.580. The quantitative estimate of drug-likeness (QED) is 0.611. The molecule has 0 aliphatic rings. The van der Waals surface area contributed by atoms with Crippen LogP contribution in [0.1, 0.15) is 5.56 Å². The minimum absolute atomic E-state index is 0.575. The molecule has 65 valence electrons. The Kier molecular flexibility index (Phi) is 2.41. The first-order chi connectivity index (χ1) is 5.43. The van der Waals surface area contributed by atoms with E-state index in [0.717, 1.165) is 6.07 Å². The average molecular weight is 242 g/mol.